The lowest BCUT2D eigenvalue weighted by Gasteiger charge is -2.18. The number of aryl methyl sites for hydroxylation is 2. The first-order valence-electron chi connectivity index (χ1n) is 8.12. The maximum atomic E-state index is 12.7. The summed E-state index contributed by atoms with van der Waals surface area (Å²) in [5, 5.41) is 12.1. The van der Waals surface area contributed by atoms with E-state index in [1.54, 1.807) is 13.2 Å². The molecule has 2 N–H and O–H groups in total. The van der Waals surface area contributed by atoms with Gasteiger partial charge in [0.05, 0.1) is 19.4 Å². The number of benzene rings is 2. The van der Waals surface area contributed by atoms with Gasteiger partial charge in [0.15, 0.2) is 0 Å². The van der Waals surface area contributed by atoms with Crippen molar-refractivity contribution in [2.75, 3.05) is 12.4 Å². The second-order valence-electron chi connectivity index (χ2n) is 6.12. The van der Waals surface area contributed by atoms with Crippen LogP contribution >= 0.6 is 0 Å². The van der Waals surface area contributed by atoms with Crippen molar-refractivity contribution >= 4 is 17.6 Å². The summed E-state index contributed by atoms with van der Waals surface area (Å²) < 4.78 is 5.30. The molecule has 0 aromatic heterocycles. The molecule has 2 rings (SSSR count). The molecule has 25 heavy (non-hydrogen) atoms. The van der Waals surface area contributed by atoms with Crippen LogP contribution in [0.15, 0.2) is 42.5 Å². The van der Waals surface area contributed by atoms with E-state index in [0.29, 0.717) is 17.9 Å². The minimum absolute atomic E-state index is 0.241. The Morgan fingerprint density at radius 2 is 1.88 bits per heavy atom. The summed E-state index contributed by atoms with van der Waals surface area (Å²) in [7, 11) is 1.56. The number of anilines is 1. The lowest BCUT2D eigenvalue weighted by atomic mass is 9.94. The fourth-order valence-electron chi connectivity index (χ4n) is 2.71. The van der Waals surface area contributed by atoms with Crippen LogP contribution in [0.5, 0.6) is 5.75 Å². The van der Waals surface area contributed by atoms with Crippen LogP contribution < -0.4 is 10.1 Å². The molecule has 0 fully saturated rings. The van der Waals surface area contributed by atoms with Gasteiger partial charge in [-0.05, 0) is 49.1 Å². The van der Waals surface area contributed by atoms with Crippen LogP contribution in [0.25, 0.3) is 0 Å². The highest BCUT2D eigenvalue weighted by molar-refractivity contribution is 5.95. The quantitative estimate of drug-likeness (QED) is 0.807. The van der Waals surface area contributed by atoms with Crippen molar-refractivity contribution in [2.45, 2.75) is 26.7 Å². The largest absolute Gasteiger partial charge is 0.496 e. The predicted molar refractivity (Wildman–Crippen MR) is 97.0 cm³/mol. The van der Waals surface area contributed by atoms with Gasteiger partial charge in [0.1, 0.15) is 5.75 Å². The first-order valence-corrected chi connectivity index (χ1v) is 8.12. The van der Waals surface area contributed by atoms with E-state index in [-0.39, 0.29) is 12.3 Å². The lowest BCUT2D eigenvalue weighted by molar-refractivity contribution is -0.140. The Balaban J connectivity index is 2.22. The van der Waals surface area contributed by atoms with Gasteiger partial charge in [-0.25, -0.2) is 0 Å². The molecule has 0 unspecified atom stereocenters. The monoisotopic (exact) mass is 341 g/mol. The predicted octanol–water partition coefficient (Wildman–Crippen LogP) is 3.58. The molecule has 2 aromatic carbocycles. The molecule has 5 nitrogen and oxygen atoms in total. The number of carboxylic acid groups (broad SMARTS) is 1. The van der Waals surface area contributed by atoms with Crippen LogP contribution in [0.4, 0.5) is 5.69 Å². The molecule has 0 saturated carbocycles. The maximum absolute atomic E-state index is 12.7. The average molecular weight is 341 g/mol. The molecular formula is C20H23NO4. The molecule has 5 heteroatoms. The molecule has 2 aromatic rings. The molecule has 1 atom stereocenters. The number of rotatable bonds is 7. The van der Waals surface area contributed by atoms with Gasteiger partial charge in [-0.2, -0.15) is 0 Å². The highest BCUT2D eigenvalue weighted by atomic mass is 16.5. The number of hydrogen-bond donors (Lipinski definition) is 2. The van der Waals surface area contributed by atoms with Gasteiger partial charge >= 0.3 is 5.97 Å². The van der Waals surface area contributed by atoms with E-state index in [1.165, 1.54) is 0 Å². The van der Waals surface area contributed by atoms with Crippen molar-refractivity contribution in [1.82, 2.24) is 0 Å². The molecule has 0 bridgehead atoms. The zero-order chi connectivity index (χ0) is 18.4. The number of ether oxygens (including phenoxy) is 1. The van der Waals surface area contributed by atoms with Crippen LogP contribution in [0.2, 0.25) is 0 Å². The van der Waals surface area contributed by atoms with E-state index in [0.717, 1.165) is 16.7 Å². The molecule has 0 spiro atoms. The topological polar surface area (TPSA) is 75.6 Å². The number of methoxy groups -OCH3 is 1. The molecule has 0 aliphatic carbocycles. The molecule has 0 heterocycles. The van der Waals surface area contributed by atoms with Gasteiger partial charge in [-0.15, -0.1) is 0 Å². The molecule has 0 saturated heterocycles. The number of amides is 1. The van der Waals surface area contributed by atoms with E-state index < -0.39 is 11.9 Å². The first-order chi connectivity index (χ1) is 11.9. The number of nitrogens with one attached hydrogen (secondary N) is 1. The fraction of sp³-hybridized carbons (Fsp3) is 0.300. The van der Waals surface area contributed by atoms with Crippen molar-refractivity contribution in [3.8, 4) is 5.75 Å². The minimum Gasteiger partial charge on any atom is -0.496 e. The minimum atomic E-state index is -1.00. The number of hydrogen-bond acceptors (Lipinski definition) is 3. The van der Waals surface area contributed by atoms with Gasteiger partial charge in [-0.3, -0.25) is 9.59 Å². The Kier molecular flexibility index (Phi) is 6.17. The highest BCUT2D eigenvalue weighted by Gasteiger charge is 2.24. The smallest absolute Gasteiger partial charge is 0.304 e. The second kappa shape index (κ2) is 8.33. The number of para-hydroxylation sites is 1. The SMILES string of the molecule is COc1ccccc1C[C@@H](CC(=O)O)C(=O)Nc1cc(C)ccc1C. The molecule has 1 amide bonds. The molecule has 0 aliphatic heterocycles. The first kappa shape index (κ1) is 18.5. The van der Waals surface area contributed by atoms with Crippen molar-refractivity contribution in [2.24, 2.45) is 5.92 Å². The third-order valence-corrected chi connectivity index (χ3v) is 4.10. The van der Waals surface area contributed by atoms with Crippen LogP contribution in [0.3, 0.4) is 0 Å². The molecule has 0 aliphatic rings. The number of carbonyl (C=O) groups is 2. The van der Waals surface area contributed by atoms with Gasteiger partial charge in [0.2, 0.25) is 5.91 Å². The number of aliphatic carboxylic acids is 1. The van der Waals surface area contributed by atoms with Gasteiger partial charge in [-0.1, -0.05) is 30.3 Å². The standard InChI is InChI=1S/C20H23NO4/c1-13-8-9-14(2)17(10-13)21-20(24)16(12-19(22)23)11-15-6-4-5-7-18(15)25-3/h4-10,16H,11-12H2,1-3H3,(H,21,24)(H,22,23)/t16-/m0/s1. The van der Waals surface area contributed by atoms with Crippen molar-refractivity contribution in [3.63, 3.8) is 0 Å². The van der Waals surface area contributed by atoms with Gasteiger partial charge in [0.25, 0.3) is 0 Å². The normalized spacial score (nSPS) is 11.6. The number of carbonyl (C=O) groups excluding carboxylic acids is 1. The summed E-state index contributed by atoms with van der Waals surface area (Å²) >= 11 is 0. The van der Waals surface area contributed by atoms with Crippen molar-refractivity contribution in [1.29, 1.82) is 0 Å². The Hall–Kier alpha value is -2.82. The van der Waals surface area contributed by atoms with Crippen LogP contribution in [-0.4, -0.2) is 24.1 Å². The third kappa shape index (κ3) is 5.08. The molecule has 0 radical (unpaired) electrons. The Morgan fingerprint density at radius 3 is 2.56 bits per heavy atom. The Bertz CT molecular complexity index is 770. The van der Waals surface area contributed by atoms with Gasteiger partial charge < -0.3 is 15.2 Å². The van der Waals surface area contributed by atoms with Crippen molar-refractivity contribution < 1.29 is 19.4 Å². The summed E-state index contributed by atoms with van der Waals surface area (Å²) in [6, 6.07) is 13.1. The zero-order valence-corrected chi connectivity index (χ0v) is 14.7. The molecule has 132 valence electrons. The Labute approximate surface area is 147 Å². The van der Waals surface area contributed by atoms with Crippen LogP contribution in [0, 0.1) is 19.8 Å². The van der Waals surface area contributed by atoms with E-state index in [1.807, 2.05) is 50.2 Å². The van der Waals surface area contributed by atoms with E-state index in [4.69, 9.17) is 4.74 Å². The summed E-state index contributed by atoms with van der Waals surface area (Å²) in [5.41, 5.74) is 3.48. The summed E-state index contributed by atoms with van der Waals surface area (Å²) in [6.07, 6.45) is 0.0573. The van der Waals surface area contributed by atoms with Crippen LogP contribution in [-0.2, 0) is 16.0 Å². The second-order valence-corrected chi connectivity index (χ2v) is 6.12. The summed E-state index contributed by atoms with van der Waals surface area (Å²) in [4.78, 5) is 23.9. The van der Waals surface area contributed by atoms with Crippen molar-refractivity contribution in [3.05, 3.63) is 59.2 Å². The fourth-order valence-corrected chi connectivity index (χ4v) is 2.71. The molecular weight excluding hydrogens is 318 g/mol. The Morgan fingerprint density at radius 1 is 1.16 bits per heavy atom. The summed E-state index contributed by atoms with van der Waals surface area (Å²) in [5.74, 6) is -1.34. The number of carboxylic acids is 1. The average Bonchev–Trinajstić information content (AvgIpc) is 2.57. The highest BCUT2D eigenvalue weighted by Crippen LogP contribution is 2.24. The van der Waals surface area contributed by atoms with Crippen LogP contribution in [0.1, 0.15) is 23.1 Å². The maximum Gasteiger partial charge on any atom is 0.304 e. The van der Waals surface area contributed by atoms with E-state index >= 15 is 0 Å². The van der Waals surface area contributed by atoms with E-state index in [2.05, 4.69) is 5.32 Å². The van der Waals surface area contributed by atoms with Gasteiger partial charge in [0, 0.05) is 5.69 Å². The zero-order valence-electron chi connectivity index (χ0n) is 14.7. The lowest BCUT2D eigenvalue weighted by Crippen LogP contribution is -2.27. The third-order valence-electron chi connectivity index (χ3n) is 4.10. The summed E-state index contributed by atoms with van der Waals surface area (Å²) in [6.45, 7) is 3.85. The van der Waals surface area contributed by atoms with E-state index in [9.17, 15) is 14.7 Å².